The van der Waals surface area contributed by atoms with Gasteiger partial charge < -0.3 is 20.1 Å². The average molecular weight is 478 g/mol. The van der Waals surface area contributed by atoms with Crippen LogP contribution in [0.1, 0.15) is 21.4 Å². The van der Waals surface area contributed by atoms with Crippen LogP contribution in [-0.2, 0) is 0 Å². The fraction of sp³-hybridized carbons (Fsp3) is 0.158. The number of amides is 1. The molecule has 0 saturated carbocycles. The van der Waals surface area contributed by atoms with Crippen molar-refractivity contribution < 1.29 is 14.3 Å². The number of carbonyl (C=O) groups excluding carboxylic acids is 1. The van der Waals surface area contributed by atoms with Gasteiger partial charge in [0, 0.05) is 5.69 Å². The van der Waals surface area contributed by atoms with Gasteiger partial charge in [-0.1, -0.05) is 29.5 Å². The van der Waals surface area contributed by atoms with Crippen LogP contribution in [0.4, 0.5) is 5.82 Å². The van der Waals surface area contributed by atoms with E-state index in [-0.39, 0.29) is 5.91 Å². The van der Waals surface area contributed by atoms with Gasteiger partial charge in [0.2, 0.25) is 0 Å². The molecule has 0 unspecified atom stereocenters. The first-order valence-corrected chi connectivity index (χ1v) is 10.4. The smallest absolute Gasteiger partial charge is 0.267 e. The molecule has 0 aliphatic carbocycles. The lowest BCUT2D eigenvalue weighted by atomic mass is 10.1. The summed E-state index contributed by atoms with van der Waals surface area (Å²) in [4.78, 5) is 13.3. The van der Waals surface area contributed by atoms with Crippen LogP contribution in [0.2, 0.25) is 0 Å². The number of nitrogens with one attached hydrogen (secondary N) is 2. The van der Waals surface area contributed by atoms with E-state index >= 15 is 0 Å². The third-order valence-corrected chi connectivity index (χ3v) is 6.34. The average Bonchev–Trinajstić information content (AvgIpc) is 3.04. The molecule has 1 aliphatic heterocycles. The number of halogens is 1. The molecule has 0 saturated heterocycles. The zero-order valence-electron chi connectivity index (χ0n) is 15.0. The highest BCUT2D eigenvalue weighted by atomic mass is 79.9. The number of thiazole rings is 1. The molecule has 3 aromatic rings. The Kier molecular flexibility index (Phi) is 5.13. The summed E-state index contributed by atoms with van der Waals surface area (Å²) in [5.74, 6) is 1.67. The molecule has 28 heavy (non-hydrogen) atoms. The Balaban J connectivity index is 1.80. The second kappa shape index (κ2) is 7.57. The molecule has 1 atom stereocenters. The van der Waals surface area contributed by atoms with Crippen LogP contribution in [0, 0.1) is 3.95 Å². The zero-order chi connectivity index (χ0) is 19.8. The first-order chi connectivity index (χ1) is 13.5. The second-order valence-electron chi connectivity index (χ2n) is 6.01. The summed E-state index contributed by atoms with van der Waals surface area (Å²) in [5, 5.41) is 6.39. The Bertz CT molecular complexity index is 1110. The molecule has 2 aromatic carbocycles. The number of benzene rings is 2. The Morgan fingerprint density at radius 1 is 1.14 bits per heavy atom. The number of hydrogen-bond acceptors (Lipinski definition) is 6. The molecule has 0 bridgehead atoms. The van der Waals surface area contributed by atoms with Gasteiger partial charge in [-0.15, -0.1) is 0 Å². The highest BCUT2D eigenvalue weighted by Crippen LogP contribution is 2.40. The van der Waals surface area contributed by atoms with Crippen LogP contribution in [0.3, 0.4) is 0 Å². The maximum atomic E-state index is 12.8. The van der Waals surface area contributed by atoms with Crippen LogP contribution < -0.4 is 20.1 Å². The molecule has 1 aliphatic rings. The lowest BCUT2D eigenvalue weighted by Crippen LogP contribution is -2.38. The molecule has 0 radical (unpaired) electrons. The summed E-state index contributed by atoms with van der Waals surface area (Å²) >= 11 is 10.3. The summed E-state index contributed by atoms with van der Waals surface area (Å²) in [7, 11) is 3.15. The minimum Gasteiger partial charge on any atom is -0.493 e. The van der Waals surface area contributed by atoms with Crippen molar-refractivity contribution in [1.29, 1.82) is 0 Å². The van der Waals surface area contributed by atoms with Crippen molar-refractivity contribution in [2.24, 2.45) is 0 Å². The summed E-state index contributed by atoms with van der Waals surface area (Å²) in [6, 6.07) is 13.5. The minimum absolute atomic E-state index is 0.171. The number of anilines is 1. The van der Waals surface area contributed by atoms with E-state index in [4.69, 9.17) is 21.7 Å². The molecule has 2 heterocycles. The number of methoxy groups -OCH3 is 2. The molecule has 1 aromatic heterocycles. The number of ether oxygens (including phenoxy) is 2. The third kappa shape index (κ3) is 3.19. The van der Waals surface area contributed by atoms with Crippen LogP contribution in [0.15, 0.2) is 46.9 Å². The first kappa shape index (κ1) is 19.0. The van der Waals surface area contributed by atoms with Gasteiger partial charge in [0.25, 0.3) is 5.91 Å². The van der Waals surface area contributed by atoms with E-state index < -0.39 is 6.17 Å². The zero-order valence-corrected chi connectivity index (χ0v) is 18.2. The van der Waals surface area contributed by atoms with Gasteiger partial charge in [-0.3, -0.25) is 9.36 Å². The van der Waals surface area contributed by atoms with Crippen molar-refractivity contribution in [2.45, 2.75) is 6.17 Å². The monoisotopic (exact) mass is 477 g/mol. The maximum Gasteiger partial charge on any atom is 0.267 e. The van der Waals surface area contributed by atoms with Crippen molar-refractivity contribution in [1.82, 2.24) is 9.88 Å². The van der Waals surface area contributed by atoms with Gasteiger partial charge >= 0.3 is 0 Å². The van der Waals surface area contributed by atoms with Crippen LogP contribution in [0.25, 0.3) is 5.69 Å². The summed E-state index contributed by atoms with van der Waals surface area (Å²) in [6.07, 6.45) is -0.449. The molecule has 9 heteroatoms. The van der Waals surface area contributed by atoms with Crippen molar-refractivity contribution in [3.05, 3.63) is 61.3 Å². The standard InChI is InChI=1S/C19H16BrN3O3S2/c1-25-13-9-10(8-12(20)14(13)26-2)16-21-17-15(18(24)22-16)28-19(27)23(17)11-6-4-3-5-7-11/h3-9,16,21H,1-2H3,(H,22,24)/t16-/m0/s1. The van der Waals surface area contributed by atoms with Crippen LogP contribution >= 0.6 is 39.5 Å². The van der Waals surface area contributed by atoms with Crippen molar-refractivity contribution in [3.63, 3.8) is 0 Å². The van der Waals surface area contributed by atoms with Crippen molar-refractivity contribution in [3.8, 4) is 17.2 Å². The topological polar surface area (TPSA) is 64.5 Å². The van der Waals surface area contributed by atoms with E-state index in [9.17, 15) is 4.79 Å². The van der Waals surface area contributed by atoms with E-state index in [0.717, 1.165) is 15.7 Å². The first-order valence-electron chi connectivity index (χ1n) is 8.33. The predicted molar refractivity (Wildman–Crippen MR) is 116 cm³/mol. The summed E-state index contributed by atoms with van der Waals surface area (Å²) < 4.78 is 14.0. The maximum absolute atomic E-state index is 12.8. The fourth-order valence-corrected chi connectivity index (χ4v) is 5.04. The minimum atomic E-state index is -0.449. The fourth-order valence-electron chi connectivity index (χ4n) is 3.11. The van der Waals surface area contributed by atoms with E-state index in [0.29, 0.717) is 26.1 Å². The Morgan fingerprint density at radius 3 is 2.57 bits per heavy atom. The van der Waals surface area contributed by atoms with Gasteiger partial charge in [0.05, 0.1) is 18.7 Å². The van der Waals surface area contributed by atoms with Gasteiger partial charge in [-0.25, -0.2) is 0 Å². The third-order valence-electron chi connectivity index (χ3n) is 4.38. The van der Waals surface area contributed by atoms with E-state index in [1.165, 1.54) is 11.3 Å². The summed E-state index contributed by atoms with van der Waals surface area (Å²) in [5.41, 5.74) is 1.72. The highest BCUT2D eigenvalue weighted by molar-refractivity contribution is 9.10. The molecule has 2 N–H and O–H groups in total. The quantitative estimate of drug-likeness (QED) is 0.523. The predicted octanol–water partition coefficient (Wildman–Crippen LogP) is 4.90. The normalized spacial score (nSPS) is 15.4. The number of rotatable bonds is 4. The number of fused-ring (bicyclic) bond motifs is 1. The number of hydrogen-bond donors (Lipinski definition) is 2. The van der Waals surface area contributed by atoms with Crippen LogP contribution in [0.5, 0.6) is 11.5 Å². The number of carbonyl (C=O) groups is 1. The molecule has 0 fully saturated rings. The lowest BCUT2D eigenvalue weighted by Gasteiger charge is -2.28. The van der Waals surface area contributed by atoms with E-state index in [1.54, 1.807) is 14.2 Å². The molecular formula is C19H16BrN3O3S2. The molecule has 0 spiro atoms. The Morgan fingerprint density at radius 2 is 1.89 bits per heavy atom. The largest absolute Gasteiger partial charge is 0.493 e. The molecule has 6 nitrogen and oxygen atoms in total. The number of nitrogens with zero attached hydrogens (tertiary/aromatic N) is 1. The second-order valence-corrected chi connectivity index (χ2v) is 8.50. The van der Waals surface area contributed by atoms with Crippen LogP contribution in [-0.4, -0.2) is 24.7 Å². The van der Waals surface area contributed by atoms with Gasteiger partial charge in [0.1, 0.15) is 16.9 Å². The van der Waals surface area contributed by atoms with E-state index in [2.05, 4.69) is 26.6 Å². The number of para-hydroxylation sites is 1. The summed E-state index contributed by atoms with van der Waals surface area (Å²) in [6.45, 7) is 0. The molecule has 144 valence electrons. The molecule has 1 amide bonds. The Hall–Kier alpha value is -2.36. The van der Waals surface area contributed by atoms with Crippen molar-refractivity contribution in [2.75, 3.05) is 19.5 Å². The van der Waals surface area contributed by atoms with E-state index in [1.807, 2.05) is 47.0 Å². The van der Waals surface area contributed by atoms with Gasteiger partial charge in [0.15, 0.2) is 15.5 Å². The van der Waals surface area contributed by atoms with Gasteiger partial charge in [-0.2, -0.15) is 0 Å². The van der Waals surface area contributed by atoms with Gasteiger partial charge in [-0.05, 0) is 58.0 Å². The lowest BCUT2D eigenvalue weighted by molar-refractivity contribution is 0.0939. The highest BCUT2D eigenvalue weighted by Gasteiger charge is 2.30. The van der Waals surface area contributed by atoms with Crippen molar-refractivity contribution >= 4 is 51.2 Å². The molecule has 4 rings (SSSR count). The molecular weight excluding hydrogens is 462 g/mol. The SMILES string of the molecule is COc1cc([C@@H]2NC(=O)c3sc(=S)n(-c4ccccc4)c3N2)cc(Br)c1OC. The number of aromatic nitrogens is 1. The Labute approximate surface area is 179 Å².